The summed E-state index contributed by atoms with van der Waals surface area (Å²) < 4.78 is 49.5. The predicted molar refractivity (Wildman–Crippen MR) is 235 cm³/mol. The van der Waals surface area contributed by atoms with Gasteiger partial charge in [0.25, 0.3) is 0 Å². The van der Waals surface area contributed by atoms with Gasteiger partial charge in [-0.1, -0.05) is 27.7 Å². The summed E-state index contributed by atoms with van der Waals surface area (Å²) in [5.74, 6) is -0.982. The standard InChI is InChI=1S/C49H80O19/c1-21-30(55)32(57)34(59)40(62-21)66-37-36(63-22(2)51)25(54)19-61-42(37)65-28-11-13-49-20-48(49)15-14-45(7)39(24(53)17-46(45,8)27(48)16-23(52)38(49)43(28,3)4)47(9)12-10-29(67-47)44(5,6)68-41-35(60)33(58)31(56)26(18-50)64-41/h21,23-42,50,52-60H,10-20H2,1-9H3/t21-,23-,24-,25+,26+,27-,28-,29-,30+,31-,32+,33+,34-,35-,36+,37+,38+,39-,40+,41-,42-,45+,46-,47-,48-,49+/m1/s1. The van der Waals surface area contributed by atoms with E-state index in [1.807, 2.05) is 13.8 Å². The van der Waals surface area contributed by atoms with Crippen molar-refractivity contribution in [2.45, 2.75) is 242 Å². The molecule has 4 aliphatic heterocycles. The quantitative estimate of drug-likeness (QED) is 0.103. The molecule has 19 heteroatoms. The smallest absolute Gasteiger partial charge is 0.303 e. The van der Waals surface area contributed by atoms with Crippen LogP contribution >= 0.6 is 0 Å². The number of esters is 1. The molecule has 0 bridgehead atoms. The molecule has 390 valence electrons. The maximum Gasteiger partial charge on any atom is 0.303 e. The summed E-state index contributed by atoms with van der Waals surface area (Å²) in [4.78, 5) is 12.3. The van der Waals surface area contributed by atoms with Crippen LogP contribution in [-0.2, 0) is 42.7 Å². The third-order valence-electron chi connectivity index (χ3n) is 20.1. The van der Waals surface area contributed by atoms with Gasteiger partial charge in [0, 0.05) is 12.8 Å². The molecule has 4 saturated heterocycles. The summed E-state index contributed by atoms with van der Waals surface area (Å²) in [5.41, 5.74) is -3.38. The summed E-state index contributed by atoms with van der Waals surface area (Å²) in [5, 5.41) is 109. The highest BCUT2D eigenvalue weighted by Gasteiger charge is 2.85. The fraction of sp³-hybridized carbons (Fsp3) is 0.980. The number of aliphatic hydroxyl groups excluding tert-OH is 10. The molecule has 10 N–H and O–H groups in total. The molecule has 68 heavy (non-hydrogen) atoms. The Morgan fingerprint density at radius 3 is 2.04 bits per heavy atom. The predicted octanol–water partition coefficient (Wildman–Crippen LogP) is 0.147. The van der Waals surface area contributed by atoms with Gasteiger partial charge >= 0.3 is 5.97 Å². The van der Waals surface area contributed by atoms with Gasteiger partial charge in [-0.3, -0.25) is 4.79 Å². The minimum Gasteiger partial charge on any atom is -0.457 e. The number of fused-ring (bicyclic) bond motifs is 2. The van der Waals surface area contributed by atoms with Crippen molar-refractivity contribution in [1.82, 2.24) is 0 Å². The molecule has 9 rings (SSSR count). The summed E-state index contributed by atoms with van der Waals surface area (Å²) in [6, 6.07) is 0. The maximum absolute atomic E-state index is 12.6. The van der Waals surface area contributed by atoms with Crippen LogP contribution in [0, 0.1) is 44.8 Å². The second kappa shape index (κ2) is 17.5. The lowest BCUT2D eigenvalue weighted by Crippen LogP contribution is -2.64. The summed E-state index contributed by atoms with van der Waals surface area (Å²) in [7, 11) is 0. The van der Waals surface area contributed by atoms with E-state index in [0.29, 0.717) is 32.1 Å². The lowest BCUT2D eigenvalue weighted by molar-refractivity contribution is -0.364. The topological polar surface area (TPSA) is 293 Å². The molecule has 0 amide bonds. The molecule has 0 unspecified atom stereocenters. The van der Waals surface area contributed by atoms with E-state index in [2.05, 4.69) is 34.6 Å². The molecule has 0 radical (unpaired) electrons. The van der Waals surface area contributed by atoms with E-state index in [9.17, 15) is 55.9 Å². The highest BCUT2D eigenvalue weighted by molar-refractivity contribution is 5.66. The summed E-state index contributed by atoms with van der Waals surface area (Å²) in [6.45, 7) is 16.5. The van der Waals surface area contributed by atoms with Gasteiger partial charge in [0.15, 0.2) is 31.1 Å². The molecular weight excluding hydrogens is 893 g/mol. The first-order chi connectivity index (χ1) is 31.6. The third kappa shape index (κ3) is 7.64. The Hall–Kier alpha value is -1.21. The Labute approximate surface area is 398 Å². The number of hydrogen-bond acceptors (Lipinski definition) is 19. The molecule has 2 spiro atoms. The first-order valence-electron chi connectivity index (χ1n) is 25.1. The molecular formula is C49H80O19. The van der Waals surface area contributed by atoms with Crippen molar-refractivity contribution in [1.29, 1.82) is 0 Å². The van der Waals surface area contributed by atoms with Crippen LogP contribution in [0.2, 0.25) is 0 Å². The van der Waals surface area contributed by atoms with Crippen molar-refractivity contribution in [2.24, 2.45) is 44.8 Å². The fourth-order valence-corrected chi connectivity index (χ4v) is 16.7. The van der Waals surface area contributed by atoms with Crippen molar-refractivity contribution >= 4 is 5.97 Å². The van der Waals surface area contributed by atoms with Gasteiger partial charge in [0.05, 0.1) is 54.9 Å². The molecule has 0 aromatic heterocycles. The molecule has 9 aliphatic rings. The number of rotatable bonds is 10. The van der Waals surface area contributed by atoms with E-state index in [1.165, 1.54) is 13.8 Å². The number of carbonyl (C=O) groups is 1. The second-order valence-corrected chi connectivity index (χ2v) is 24.4. The van der Waals surface area contributed by atoms with Crippen molar-refractivity contribution in [2.75, 3.05) is 13.2 Å². The zero-order chi connectivity index (χ0) is 49.6. The molecule has 26 atom stereocenters. The first kappa shape index (κ1) is 51.7. The number of aliphatic hydroxyl groups is 10. The number of ether oxygens (including phenoxy) is 8. The Morgan fingerprint density at radius 1 is 0.691 bits per heavy atom. The van der Waals surface area contributed by atoms with Crippen molar-refractivity contribution in [3.63, 3.8) is 0 Å². The van der Waals surface area contributed by atoms with Gasteiger partial charge in [-0.05, 0) is 124 Å². The van der Waals surface area contributed by atoms with E-state index >= 15 is 0 Å². The fourth-order valence-electron chi connectivity index (χ4n) is 16.7. The largest absolute Gasteiger partial charge is 0.457 e. The van der Waals surface area contributed by atoms with E-state index < -0.39 is 140 Å². The minimum absolute atomic E-state index is 0.0721. The van der Waals surface area contributed by atoms with Crippen LogP contribution in [0.5, 0.6) is 0 Å². The molecule has 9 fully saturated rings. The SMILES string of the molecule is CC(=O)O[C@@H]1[C@H](O[C@@H]2O[C@H](C)[C@H](O)[C@H](O)[C@H]2O)[C@@H](O[C@@H]2CC[C@@]34C[C@@]35CC[C@@]3(C)[C@H]([C@@]6(C)CC[C@H](C(C)(C)O[C@H]7O[C@@H](CO)[C@@H](O)[C@H](O)[C@H]7O)O6)[C@H](O)C[C@]3(C)[C@H]5C[C@@H](O)[C@H]4C2(C)C)OC[C@@H]1O. The molecule has 5 saturated carbocycles. The zero-order valence-electron chi connectivity index (χ0n) is 41.0. The van der Waals surface area contributed by atoms with Gasteiger partial charge in [-0.15, -0.1) is 0 Å². The van der Waals surface area contributed by atoms with Gasteiger partial charge in [0.2, 0.25) is 0 Å². The molecule has 19 nitrogen and oxygen atoms in total. The van der Waals surface area contributed by atoms with E-state index in [4.69, 9.17) is 37.9 Å². The second-order valence-electron chi connectivity index (χ2n) is 24.4. The summed E-state index contributed by atoms with van der Waals surface area (Å²) in [6.07, 6.45) is -15.2. The van der Waals surface area contributed by atoms with Crippen LogP contribution in [0.15, 0.2) is 0 Å². The van der Waals surface area contributed by atoms with Crippen LogP contribution in [0.25, 0.3) is 0 Å². The minimum atomic E-state index is -1.68. The van der Waals surface area contributed by atoms with Crippen LogP contribution in [-0.4, -0.2) is 192 Å². The van der Waals surface area contributed by atoms with Gasteiger partial charge in [-0.25, -0.2) is 0 Å². The van der Waals surface area contributed by atoms with Crippen LogP contribution in [0.1, 0.15) is 120 Å². The van der Waals surface area contributed by atoms with E-state index in [1.54, 1.807) is 0 Å². The normalized spacial score (nSPS) is 56.5. The zero-order valence-corrected chi connectivity index (χ0v) is 41.0. The summed E-state index contributed by atoms with van der Waals surface area (Å²) >= 11 is 0. The monoisotopic (exact) mass is 973 g/mol. The lowest BCUT2D eigenvalue weighted by Gasteiger charge is -2.64. The molecule has 4 heterocycles. The first-order valence-corrected chi connectivity index (χ1v) is 25.1. The van der Waals surface area contributed by atoms with Crippen molar-refractivity contribution in [3.05, 3.63) is 0 Å². The maximum atomic E-state index is 12.6. The van der Waals surface area contributed by atoms with Crippen molar-refractivity contribution < 1.29 is 93.8 Å². The molecule has 0 aromatic rings. The van der Waals surface area contributed by atoms with Crippen molar-refractivity contribution in [3.8, 4) is 0 Å². The third-order valence-corrected chi connectivity index (χ3v) is 20.1. The Morgan fingerprint density at radius 2 is 1.37 bits per heavy atom. The van der Waals surface area contributed by atoms with Crippen LogP contribution < -0.4 is 0 Å². The highest BCUT2D eigenvalue weighted by Crippen LogP contribution is 2.89. The molecule has 5 aliphatic carbocycles. The number of hydrogen-bond donors (Lipinski definition) is 10. The highest BCUT2D eigenvalue weighted by atomic mass is 16.8. The van der Waals surface area contributed by atoms with Crippen LogP contribution in [0.4, 0.5) is 0 Å². The lowest BCUT2D eigenvalue weighted by atomic mass is 9.41. The Bertz CT molecular complexity index is 1870. The average Bonchev–Trinajstić information content (AvgIpc) is 3.62. The van der Waals surface area contributed by atoms with Gasteiger partial charge < -0.3 is 89.0 Å². The number of carbonyl (C=O) groups excluding carboxylic acids is 1. The van der Waals surface area contributed by atoms with Crippen LogP contribution in [0.3, 0.4) is 0 Å². The van der Waals surface area contributed by atoms with Gasteiger partial charge in [-0.2, -0.15) is 0 Å². The van der Waals surface area contributed by atoms with E-state index in [-0.39, 0.29) is 46.0 Å². The average molecular weight is 973 g/mol. The molecule has 0 aromatic carbocycles. The Balaban J connectivity index is 0.920. The van der Waals surface area contributed by atoms with E-state index in [0.717, 1.165) is 25.7 Å². The van der Waals surface area contributed by atoms with Gasteiger partial charge in [0.1, 0.15) is 48.8 Å². The Kier molecular flexibility index (Phi) is 13.3.